The number of hydrogen-bond donors (Lipinski definition) is 2. The Hall–Kier alpha value is -0.570. The summed E-state index contributed by atoms with van der Waals surface area (Å²) in [6.45, 7) is 11.8. The second-order valence-electron chi connectivity index (χ2n) is 7.04. The summed E-state index contributed by atoms with van der Waals surface area (Å²) in [4.78, 5) is 11.5. The average molecular weight is 254 g/mol. The van der Waals surface area contributed by atoms with Gasteiger partial charge < -0.3 is 10.6 Å². The summed E-state index contributed by atoms with van der Waals surface area (Å²) in [6.07, 6.45) is 4.38. The third-order valence-corrected chi connectivity index (χ3v) is 3.62. The van der Waals surface area contributed by atoms with Gasteiger partial charge in [0.05, 0.1) is 0 Å². The van der Waals surface area contributed by atoms with Crippen LogP contribution in [0.4, 0.5) is 0 Å². The van der Waals surface area contributed by atoms with Crippen LogP contribution in [0.15, 0.2) is 0 Å². The summed E-state index contributed by atoms with van der Waals surface area (Å²) in [6, 6.07) is 0.821. The predicted octanol–water partition coefficient (Wildman–Crippen LogP) is 2.71. The molecule has 2 unspecified atom stereocenters. The molecule has 1 saturated carbocycles. The topological polar surface area (TPSA) is 41.1 Å². The lowest BCUT2D eigenvalue weighted by atomic mass is 9.70. The van der Waals surface area contributed by atoms with Gasteiger partial charge >= 0.3 is 0 Å². The molecule has 1 aliphatic carbocycles. The fourth-order valence-corrected chi connectivity index (χ4v) is 3.29. The van der Waals surface area contributed by atoms with E-state index in [1.807, 2.05) is 13.8 Å². The smallest absolute Gasteiger partial charge is 0.221 e. The van der Waals surface area contributed by atoms with Gasteiger partial charge in [0.2, 0.25) is 5.91 Å². The first-order chi connectivity index (χ1) is 8.28. The SMILES string of the molecule is CC1CC(NCCC(=O)NC(C)C)CC(C)(C)C1. The number of amides is 1. The van der Waals surface area contributed by atoms with E-state index in [0.29, 0.717) is 17.9 Å². The standard InChI is InChI=1S/C15H30N2O/c1-11(2)17-14(18)6-7-16-13-8-12(3)9-15(4,5)10-13/h11-13,16H,6-10H2,1-5H3,(H,17,18). The summed E-state index contributed by atoms with van der Waals surface area (Å²) in [7, 11) is 0. The Labute approximate surface area is 112 Å². The summed E-state index contributed by atoms with van der Waals surface area (Å²) in [5.41, 5.74) is 0.440. The Kier molecular flexibility index (Phi) is 5.64. The number of rotatable bonds is 5. The van der Waals surface area contributed by atoms with Gasteiger partial charge in [-0.2, -0.15) is 0 Å². The molecule has 2 atom stereocenters. The Morgan fingerprint density at radius 1 is 1.33 bits per heavy atom. The molecule has 0 spiro atoms. The van der Waals surface area contributed by atoms with Crippen LogP contribution in [0.1, 0.15) is 60.3 Å². The normalized spacial score (nSPS) is 27.2. The molecule has 0 aromatic rings. The van der Waals surface area contributed by atoms with Crippen molar-refractivity contribution in [2.24, 2.45) is 11.3 Å². The van der Waals surface area contributed by atoms with Crippen molar-refractivity contribution < 1.29 is 4.79 Å². The van der Waals surface area contributed by atoms with Gasteiger partial charge in [0.25, 0.3) is 0 Å². The van der Waals surface area contributed by atoms with E-state index in [9.17, 15) is 4.79 Å². The van der Waals surface area contributed by atoms with Crippen molar-refractivity contribution in [2.45, 2.75) is 72.4 Å². The first-order valence-electron chi connectivity index (χ1n) is 7.31. The predicted molar refractivity (Wildman–Crippen MR) is 76.5 cm³/mol. The van der Waals surface area contributed by atoms with Crippen molar-refractivity contribution in [1.82, 2.24) is 10.6 Å². The molecule has 1 fully saturated rings. The molecule has 0 bridgehead atoms. The fourth-order valence-electron chi connectivity index (χ4n) is 3.29. The van der Waals surface area contributed by atoms with Crippen LogP contribution in [-0.2, 0) is 4.79 Å². The number of carbonyl (C=O) groups excluding carboxylic acids is 1. The number of hydrogen-bond acceptors (Lipinski definition) is 2. The van der Waals surface area contributed by atoms with Gasteiger partial charge in [-0.25, -0.2) is 0 Å². The molecule has 1 amide bonds. The van der Waals surface area contributed by atoms with E-state index in [-0.39, 0.29) is 11.9 Å². The summed E-state index contributed by atoms with van der Waals surface area (Å²) in [5.74, 6) is 0.941. The molecule has 3 heteroatoms. The van der Waals surface area contributed by atoms with Crippen LogP contribution in [0.3, 0.4) is 0 Å². The third kappa shape index (κ3) is 5.85. The molecule has 0 aromatic heterocycles. The molecular formula is C15H30N2O. The molecule has 0 radical (unpaired) electrons. The Morgan fingerprint density at radius 2 is 2.00 bits per heavy atom. The molecule has 0 aromatic carbocycles. The van der Waals surface area contributed by atoms with Crippen molar-refractivity contribution in [3.05, 3.63) is 0 Å². The summed E-state index contributed by atoms with van der Waals surface area (Å²) < 4.78 is 0. The Balaban J connectivity index is 2.25. The van der Waals surface area contributed by atoms with Crippen LogP contribution in [-0.4, -0.2) is 24.5 Å². The van der Waals surface area contributed by atoms with Crippen LogP contribution in [0.5, 0.6) is 0 Å². The van der Waals surface area contributed by atoms with Crippen molar-refractivity contribution >= 4 is 5.91 Å². The minimum Gasteiger partial charge on any atom is -0.354 e. The van der Waals surface area contributed by atoms with E-state index < -0.39 is 0 Å². The van der Waals surface area contributed by atoms with Crippen molar-refractivity contribution in [2.75, 3.05) is 6.54 Å². The number of nitrogens with one attached hydrogen (secondary N) is 2. The van der Waals surface area contributed by atoms with E-state index in [1.54, 1.807) is 0 Å². The van der Waals surface area contributed by atoms with Crippen molar-refractivity contribution in [3.8, 4) is 0 Å². The summed E-state index contributed by atoms with van der Waals surface area (Å²) in [5, 5.41) is 6.48. The van der Waals surface area contributed by atoms with Gasteiger partial charge in [-0.05, 0) is 44.4 Å². The van der Waals surface area contributed by atoms with E-state index in [0.717, 1.165) is 12.5 Å². The molecular weight excluding hydrogens is 224 g/mol. The average Bonchev–Trinajstić information content (AvgIpc) is 2.12. The minimum atomic E-state index is 0.153. The maximum Gasteiger partial charge on any atom is 0.221 e. The summed E-state index contributed by atoms with van der Waals surface area (Å²) >= 11 is 0. The first-order valence-corrected chi connectivity index (χ1v) is 7.31. The van der Waals surface area contributed by atoms with Crippen LogP contribution in [0, 0.1) is 11.3 Å². The first kappa shape index (κ1) is 15.5. The number of carbonyl (C=O) groups is 1. The second kappa shape index (κ2) is 6.55. The maximum absolute atomic E-state index is 11.5. The van der Waals surface area contributed by atoms with Gasteiger partial charge in [0, 0.05) is 25.0 Å². The molecule has 0 heterocycles. The lowest BCUT2D eigenvalue weighted by molar-refractivity contribution is -0.121. The van der Waals surface area contributed by atoms with Gasteiger partial charge in [-0.15, -0.1) is 0 Å². The van der Waals surface area contributed by atoms with Crippen LogP contribution in [0.25, 0.3) is 0 Å². The van der Waals surface area contributed by atoms with E-state index in [4.69, 9.17) is 0 Å². The minimum absolute atomic E-state index is 0.153. The van der Waals surface area contributed by atoms with E-state index >= 15 is 0 Å². The Morgan fingerprint density at radius 3 is 2.56 bits per heavy atom. The highest BCUT2D eigenvalue weighted by Crippen LogP contribution is 2.38. The molecule has 0 saturated heterocycles. The zero-order chi connectivity index (χ0) is 13.8. The molecule has 0 aliphatic heterocycles. The molecule has 18 heavy (non-hydrogen) atoms. The monoisotopic (exact) mass is 254 g/mol. The zero-order valence-electron chi connectivity index (χ0n) is 12.7. The van der Waals surface area contributed by atoms with Crippen LogP contribution < -0.4 is 10.6 Å². The highest BCUT2D eigenvalue weighted by atomic mass is 16.1. The lowest BCUT2D eigenvalue weighted by Gasteiger charge is -2.39. The van der Waals surface area contributed by atoms with Crippen molar-refractivity contribution in [3.63, 3.8) is 0 Å². The van der Waals surface area contributed by atoms with E-state index in [1.165, 1.54) is 19.3 Å². The van der Waals surface area contributed by atoms with Crippen LogP contribution >= 0.6 is 0 Å². The van der Waals surface area contributed by atoms with Gasteiger partial charge in [0.15, 0.2) is 0 Å². The molecule has 1 rings (SSSR count). The lowest BCUT2D eigenvalue weighted by Crippen LogP contribution is -2.41. The van der Waals surface area contributed by atoms with Gasteiger partial charge in [0.1, 0.15) is 0 Å². The fraction of sp³-hybridized carbons (Fsp3) is 0.933. The van der Waals surface area contributed by atoms with Gasteiger partial charge in [-0.1, -0.05) is 20.8 Å². The van der Waals surface area contributed by atoms with E-state index in [2.05, 4.69) is 31.4 Å². The molecule has 106 valence electrons. The largest absolute Gasteiger partial charge is 0.354 e. The highest BCUT2D eigenvalue weighted by molar-refractivity contribution is 5.76. The van der Waals surface area contributed by atoms with Crippen LogP contribution in [0.2, 0.25) is 0 Å². The third-order valence-electron chi connectivity index (χ3n) is 3.62. The quantitative estimate of drug-likeness (QED) is 0.792. The van der Waals surface area contributed by atoms with Gasteiger partial charge in [-0.3, -0.25) is 4.79 Å². The highest BCUT2D eigenvalue weighted by Gasteiger charge is 2.31. The second-order valence-corrected chi connectivity index (χ2v) is 7.04. The Bertz CT molecular complexity index is 274. The molecule has 2 N–H and O–H groups in total. The molecule has 1 aliphatic rings. The molecule has 3 nitrogen and oxygen atoms in total. The maximum atomic E-state index is 11.5. The zero-order valence-corrected chi connectivity index (χ0v) is 12.7. The van der Waals surface area contributed by atoms with Crippen molar-refractivity contribution in [1.29, 1.82) is 0 Å².